The molecule has 2 rings (SSSR count). The van der Waals surface area contributed by atoms with Crippen LogP contribution in [0.4, 0.5) is 0 Å². The minimum atomic E-state index is 0.0434. The van der Waals surface area contributed by atoms with Gasteiger partial charge >= 0.3 is 0 Å². The van der Waals surface area contributed by atoms with Gasteiger partial charge in [-0.15, -0.1) is 0 Å². The van der Waals surface area contributed by atoms with Crippen LogP contribution in [0.2, 0.25) is 0 Å². The van der Waals surface area contributed by atoms with Gasteiger partial charge in [0, 0.05) is 18.8 Å². The zero-order valence-electron chi connectivity index (χ0n) is 7.44. The summed E-state index contributed by atoms with van der Waals surface area (Å²) in [6.07, 6.45) is 4.30. The van der Waals surface area contributed by atoms with Gasteiger partial charge in [-0.25, -0.2) is 4.98 Å². The second kappa shape index (κ2) is 3.70. The lowest BCUT2D eigenvalue weighted by Crippen LogP contribution is -2.24. The van der Waals surface area contributed by atoms with Crippen LogP contribution in [0, 0.1) is 5.92 Å². The van der Waals surface area contributed by atoms with E-state index in [1.54, 1.807) is 10.9 Å². The van der Waals surface area contributed by atoms with Crippen molar-refractivity contribution >= 4 is 0 Å². The Hall–Kier alpha value is -1.16. The minimum absolute atomic E-state index is 0.0434. The molecule has 70 valence electrons. The van der Waals surface area contributed by atoms with Gasteiger partial charge in [0.05, 0.1) is 6.33 Å². The summed E-state index contributed by atoms with van der Waals surface area (Å²) in [6, 6.07) is 1.50. The molecule has 0 aliphatic carbocycles. The quantitative estimate of drug-likeness (QED) is 0.687. The van der Waals surface area contributed by atoms with E-state index in [2.05, 4.69) is 10.3 Å². The normalized spacial score (nSPS) is 22.0. The standard InChI is InChI=1S/C9H13N3O/c13-9-2-4-11-7-12(9)6-8-1-3-10-5-8/h2,4,7-8,10H,1,3,5-6H2. The van der Waals surface area contributed by atoms with Gasteiger partial charge in [-0.1, -0.05) is 0 Å². The molecule has 1 aromatic rings. The SMILES string of the molecule is O=c1ccncn1CC1CCNC1. The van der Waals surface area contributed by atoms with Gasteiger partial charge in [0.2, 0.25) is 0 Å². The lowest BCUT2D eigenvalue weighted by Gasteiger charge is -2.09. The minimum Gasteiger partial charge on any atom is -0.316 e. The maximum atomic E-state index is 11.3. The average molecular weight is 179 g/mol. The topological polar surface area (TPSA) is 46.9 Å². The summed E-state index contributed by atoms with van der Waals surface area (Å²) in [6.45, 7) is 2.88. The first-order chi connectivity index (χ1) is 6.36. The molecule has 0 spiro atoms. The van der Waals surface area contributed by atoms with Crippen molar-refractivity contribution in [3.63, 3.8) is 0 Å². The molecule has 0 saturated carbocycles. The summed E-state index contributed by atoms with van der Waals surface area (Å²) < 4.78 is 1.68. The summed E-state index contributed by atoms with van der Waals surface area (Å²) >= 11 is 0. The van der Waals surface area contributed by atoms with Crippen molar-refractivity contribution in [2.45, 2.75) is 13.0 Å². The second-order valence-corrected chi connectivity index (χ2v) is 3.43. The molecule has 1 N–H and O–H groups in total. The van der Waals surface area contributed by atoms with E-state index in [1.165, 1.54) is 12.3 Å². The van der Waals surface area contributed by atoms with Gasteiger partial charge in [-0.3, -0.25) is 9.36 Å². The fourth-order valence-electron chi connectivity index (χ4n) is 1.66. The van der Waals surface area contributed by atoms with E-state index >= 15 is 0 Å². The maximum Gasteiger partial charge on any atom is 0.253 e. The molecule has 1 aliphatic heterocycles. The van der Waals surface area contributed by atoms with Crippen molar-refractivity contribution in [3.05, 3.63) is 28.9 Å². The Morgan fingerprint density at radius 1 is 1.69 bits per heavy atom. The van der Waals surface area contributed by atoms with Crippen LogP contribution in [0.15, 0.2) is 23.4 Å². The first-order valence-corrected chi connectivity index (χ1v) is 4.57. The molecule has 1 saturated heterocycles. The van der Waals surface area contributed by atoms with Crippen molar-refractivity contribution in [2.75, 3.05) is 13.1 Å². The van der Waals surface area contributed by atoms with Crippen LogP contribution in [-0.2, 0) is 6.54 Å². The molecule has 2 heterocycles. The van der Waals surface area contributed by atoms with E-state index in [1.807, 2.05) is 0 Å². The number of hydrogen-bond acceptors (Lipinski definition) is 3. The summed E-state index contributed by atoms with van der Waals surface area (Å²) in [7, 11) is 0. The highest BCUT2D eigenvalue weighted by atomic mass is 16.1. The summed E-state index contributed by atoms with van der Waals surface area (Å²) in [5.41, 5.74) is 0.0434. The van der Waals surface area contributed by atoms with E-state index in [0.717, 1.165) is 26.1 Å². The van der Waals surface area contributed by atoms with Gasteiger partial charge in [0.1, 0.15) is 0 Å². The molecule has 4 nitrogen and oxygen atoms in total. The summed E-state index contributed by atoms with van der Waals surface area (Å²) in [5, 5.41) is 3.28. The Morgan fingerprint density at radius 3 is 3.31 bits per heavy atom. The molecule has 0 radical (unpaired) electrons. The van der Waals surface area contributed by atoms with Crippen molar-refractivity contribution in [3.8, 4) is 0 Å². The van der Waals surface area contributed by atoms with E-state index in [9.17, 15) is 4.79 Å². The molecule has 1 unspecified atom stereocenters. The maximum absolute atomic E-state index is 11.3. The first-order valence-electron chi connectivity index (χ1n) is 4.57. The molecule has 1 aromatic heterocycles. The van der Waals surface area contributed by atoms with Crippen molar-refractivity contribution < 1.29 is 0 Å². The Kier molecular flexibility index (Phi) is 2.40. The first kappa shape index (κ1) is 8.44. The molecule has 0 amide bonds. The third-order valence-corrected chi connectivity index (χ3v) is 2.41. The Balaban J connectivity index is 2.08. The molecule has 1 aliphatic rings. The Morgan fingerprint density at radius 2 is 2.62 bits per heavy atom. The molecule has 13 heavy (non-hydrogen) atoms. The summed E-state index contributed by atoms with van der Waals surface area (Å²) in [5.74, 6) is 0.585. The van der Waals surface area contributed by atoms with Crippen LogP contribution >= 0.6 is 0 Å². The lowest BCUT2D eigenvalue weighted by molar-refractivity contribution is 0.467. The van der Waals surface area contributed by atoms with Crippen LogP contribution < -0.4 is 10.9 Å². The van der Waals surface area contributed by atoms with E-state index in [0.29, 0.717) is 5.92 Å². The lowest BCUT2D eigenvalue weighted by atomic mass is 10.1. The van der Waals surface area contributed by atoms with Gasteiger partial charge in [0.15, 0.2) is 0 Å². The predicted octanol–water partition coefficient (Wildman–Crippen LogP) is -0.147. The van der Waals surface area contributed by atoms with E-state index < -0.39 is 0 Å². The molecule has 1 fully saturated rings. The highest BCUT2D eigenvalue weighted by Gasteiger charge is 2.14. The number of nitrogens with zero attached hydrogens (tertiary/aromatic N) is 2. The highest BCUT2D eigenvalue weighted by molar-refractivity contribution is 4.83. The third-order valence-electron chi connectivity index (χ3n) is 2.41. The van der Waals surface area contributed by atoms with Gasteiger partial charge < -0.3 is 5.32 Å². The zero-order valence-corrected chi connectivity index (χ0v) is 7.44. The Labute approximate surface area is 76.6 Å². The van der Waals surface area contributed by atoms with Crippen LogP contribution in [0.1, 0.15) is 6.42 Å². The number of nitrogens with one attached hydrogen (secondary N) is 1. The van der Waals surface area contributed by atoms with Crippen molar-refractivity contribution in [1.29, 1.82) is 0 Å². The second-order valence-electron chi connectivity index (χ2n) is 3.43. The monoisotopic (exact) mass is 179 g/mol. The molecular weight excluding hydrogens is 166 g/mol. The van der Waals surface area contributed by atoms with Gasteiger partial charge in [-0.05, 0) is 25.4 Å². The van der Waals surface area contributed by atoms with Crippen molar-refractivity contribution in [1.82, 2.24) is 14.9 Å². The largest absolute Gasteiger partial charge is 0.316 e. The van der Waals surface area contributed by atoms with Crippen LogP contribution in [-0.4, -0.2) is 22.6 Å². The molecule has 0 bridgehead atoms. The van der Waals surface area contributed by atoms with Crippen molar-refractivity contribution in [2.24, 2.45) is 5.92 Å². The smallest absolute Gasteiger partial charge is 0.253 e. The fourth-order valence-corrected chi connectivity index (χ4v) is 1.66. The average Bonchev–Trinajstić information content (AvgIpc) is 2.61. The zero-order chi connectivity index (χ0) is 9.10. The molecule has 0 aromatic carbocycles. The number of aromatic nitrogens is 2. The van der Waals surface area contributed by atoms with E-state index in [4.69, 9.17) is 0 Å². The summed E-state index contributed by atoms with van der Waals surface area (Å²) in [4.78, 5) is 15.2. The van der Waals surface area contributed by atoms with Crippen LogP contribution in [0.25, 0.3) is 0 Å². The highest BCUT2D eigenvalue weighted by Crippen LogP contribution is 2.08. The van der Waals surface area contributed by atoms with Crippen LogP contribution in [0.5, 0.6) is 0 Å². The van der Waals surface area contributed by atoms with Crippen LogP contribution in [0.3, 0.4) is 0 Å². The fraction of sp³-hybridized carbons (Fsp3) is 0.556. The molecule has 1 atom stereocenters. The van der Waals surface area contributed by atoms with Gasteiger partial charge in [0.25, 0.3) is 5.56 Å². The predicted molar refractivity (Wildman–Crippen MR) is 49.5 cm³/mol. The third kappa shape index (κ3) is 1.95. The number of hydrogen-bond donors (Lipinski definition) is 1. The Bertz CT molecular complexity index is 328. The van der Waals surface area contributed by atoms with E-state index in [-0.39, 0.29) is 5.56 Å². The van der Waals surface area contributed by atoms with Gasteiger partial charge in [-0.2, -0.15) is 0 Å². The molecular formula is C9H13N3O. The molecule has 4 heteroatoms. The number of rotatable bonds is 2.